The number of nitrogens with zero attached hydrogens (tertiary/aromatic N) is 1. The van der Waals surface area contributed by atoms with Crippen molar-refractivity contribution in [3.63, 3.8) is 0 Å². The van der Waals surface area contributed by atoms with Crippen LogP contribution in [0.15, 0.2) is 23.6 Å². The molecule has 84 valence electrons. The van der Waals surface area contributed by atoms with E-state index in [1.54, 1.807) is 0 Å². The highest BCUT2D eigenvalue weighted by atomic mass is 19.3. The second-order valence-corrected chi connectivity index (χ2v) is 2.62. The fourth-order valence-electron chi connectivity index (χ4n) is 0.882. The molecule has 1 atom stereocenters. The molecule has 1 aliphatic carbocycles. The van der Waals surface area contributed by atoms with Gasteiger partial charge in [-0.1, -0.05) is 0 Å². The first-order valence-electron chi connectivity index (χ1n) is 3.30. The maximum absolute atomic E-state index is 12.9. The Morgan fingerprint density at radius 1 is 1.13 bits per heavy atom. The van der Waals surface area contributed by atoms with Crippen LogP contribution in [0.1, 0.15) is 0 Å². The fraction of sp³-hybridized carbons (Fsp3) is 0.333. The molecule has 15 heavy (non-hydrogen) atoms. The molecule has 0 radical (unpaired) electrons. The number of halogens is 6. The third-order valence-corrected chi connectivity index (χ3v) is 1.65. The smallest absolute Gasteiger partial charge is 0.261 e. The monoisotopic (exact) mass is 233 g/mol. The second kappa shape index (κ2) is 2.97. The van der Waals surface area contributed by atoms with E-state index in [2.05, 4.69) is 0 Å². The molecule has 0 bridgehead atoms. The van der Waals surface area contributed by atoms with Gasteiger partial charge >= 0.3 is 11.7 Å². The zero-order valence-corrected chi connectivity index (χ0v) is 6.61. The van der Waals surface area contributed by atoms with Crippen molar-refractivity contribution in [1.29, 1.82) is 0 Å². The molecule has 0 aliphatic heterocycles. The van der Waals surface area contributed by atoms with Crippen molar-refractivity contribution in [1.82, 2.24) is 0 Å². The molecule has 0 aromatic rings. The van der Waals surface area contributed by atoms with Gasteiger partial charge in [0.15, 0.2) is 0 Å². The Morgan fingerprint density at radius 3 is 2.00 bits per heavy atom. The van der Waals surface area contributed by atoms with Gasteiger partial charge in [0.1, 0.15) is 0 Å². The lowest BCUT2D eigenvalue weighted by molar-refractivity contribution is -0.587. The Hall–Kier alpha value is -1.54. The minimum absolute atomic E-state index is 0.978. The largest absolute Gasteiger partial charge is 0.465 e. The van der Waals surface area contributed by atoms with Gasteiger partial charge in [0.05, 0.1) is 4.92 Å². The molecule has 1 rings (SSSR count). The number of hydrogen-bond donors (Lipinski definition) is 0. The summed E-state index contributed by atoms with van der Waals surface area (Å²) in [4.78, 5) is 7.74. The molecule has 0 saturated heterocycles. The third-order valence-electron chi connectivity index (χ3n) is 1.65. The van der Waals surface area contributed by atoms with Gasteiger partial charge in [0.2, 0.25) is 11.7 Å². The molecule has 9 heteroatoms. The maximum atomic E-state index is 12.9. The van der Waals surface area contributed by atoms with E-state index in [0.29, 0.717) is 0 Å². The van der Waals surface area contributed by atoms with Gasteiger partial charge in [-0.2, -0.15) is 22.0 Å². The van der Waals surface area contributed by atoms with Crippen LogP contribution in [0.3, 0.4) is 0 Å². The predicted octanol–water partition coefficient (Wildman–Crippen LogP) is 2.58. The zero-order chi connectivity index (χ0) is 12.0. The van der Waals surface area contributed by atoms with Gasteiger partial charge in [0.25, 0.3) is 5.83 Å². The maximum Gasteiger partial charge on any atom is 0.465 e. The number of hydrogen-bond acceptors (Lipinski definition) is 2. The molecule has 0 amide bonds. The average molecular weight is 233 g/mol. The molecular weight excluding hydrogens is 232 g/mol. The van der Waals surface area contributed by atoms with Crippen molar-refractivity contribution >= 4 is 0 Å². The van der Waals surface area contributed by atoms with Crippen molar-refractivity contribution in [3.05, 3.63) is 33.7 Å². The highest BCUT2D eigenvalue weighted by Crippen LogP contribution is 2.46. The molecule has 0 aromatic carbocycles. The highest BCUT2D eigenvalue weighted by molar-refractivity contribution is 5.35. The quantitative estimate of drug-likeness (QED) is 0.302. The third kappa shape index (κ3) is 1.38. The van der Waals surface area contributed by atoms with Gasteiger partial charge in [-0.25, -0.2) is 4.39 Å². The molecule has 0 aromatic heterocycles. The van der Waals surface area contributed by atoms with Crippen molar-refractivity contribution < 1.29 is 31.3 Å². The molecule has 0 saturated carbocycles. The Labute approximate surface area is 77.8 Å². The van der Waals surface area contributed by atoms with Crippen LogP contribution < -0.4 is 0 Å². The van der Waals surface area contributed by atoms with E-state index in [9.17, 15) is 36.5 Å². The van der Waals surface area contributed by atoms with Gasteiger partial charge in [-0.15, -0.1) is 0 Å². The Morgan fingerprint density at radius 2 is 1.60 bits per heavy atom. The lowest BCUT2D eigenvalue weighted by Crippen LogP contribution is -2.41. The number of rotatable bonds is 1. The summed E-state index contributed by atoms with van der Waals surface area (Å²) in [5, 5.41) is 9.92. The minimum Gasteiger partial charge on any atom is -0.261 e. The summed E-state index contributed by atoms with van der Waals surface area (Å²) in [5.41, 5.74) is 0. The molecule has 1 aliphatic rings. The highest BCUT2D eigenvalue weighted by Gasteiger charge is 2.63. The van der Waals surface area contributed by atoms with Gasteiger partial charge in [-0.3, -0.25) is 10.1 Å². The second-order valence-electron chi connectivity index (χ2n) is 2.62. The van der Waals surface area contributed by atoms with Crippen LogP contribution >= 0.6 is 0 Å². The van der Waals surface area contributed by atoms with Crippen molar-refractivity contribution in [3.8, 4) is 0 Å². The average Bonchev–Trinajstić information content (AvgIpc) is 2.11. The zero-order valence-electron chi connectivity index (χ0n) is 6.61. The summed E-state index contributed by atoms with van der Waals surface area (Å²) in [5.74, 6) is -18.2. The van der Waals surface area contributed by atoms with Crippen LogP contribution in [0.25, 0.3) is 0 Å². The first-order valence-corrected chi connectivity index (χ1v) is 3.30. The Balaban J connectivity index is 3.44. The summed E-state index contributed by atoms with van der Waals surface area (Å²) in [7, 11) is 0. The fourth-order valence-corrected chi connectivity index (χ4v) is 0.882. The van der Waals surface area contributed by atoms with E-state index in [4.69, 9.17) is 0 Å². The van der Waals surface area contributed by atoms with Crippen molar-refractivity contribution in [2.75, 3.05) is 0 Å². The van der Waals surface area contributed by atoms with E-state index in [1.807, 2.05) is 0 Å². The molecule has 0 N–H and O–H groups in total. The Kier molecular flexibility index (Phi) is 2.29. The van der Waals surface area contributed by atoms with Crippen LogP contribution in [-0.4, -0.2) is 16.6 Å². The van der Waals surface area contributed by atoms with Crippen molar-refractivity contribution in [2.45, 2.75) is 11.7 Å². The summed E-state index contributed by atoms with van der Waals surface area (Å²) in [6.45, 7) is 0. The van der Waals surface area contributed by atoms with Crippen LogP contribution in [0.2, 0.25) is 0 Å². The first-order chi connectivity index (χ1) is 6.64. The van der Waals surface area contributed by atoms with E-state index >= 15 is 0 Å². The van der Waals surface area contributed by atoms with Gasteiger partial charge in [-0.05, 0) is 0 Å². The lowest BCUT2D eigenvalue weighted by atomic mass is 10.0. The summed E-state index contributed by atoms with van der Waals surface area (Å²) >= 11 is 0. The van der Waals surface area contributed by atoms with E-state index in [0.717, 1.165) is 0 Å². The molecular formula is C6HF6NO2. The molecule has 0 fully saturated rings. The Bertz CT molecular complexity index is 389. The van der Waals surface area contributed by atoms with Crippen LogP contribution in [-0.2, 0) is 0 Å². The normalized spacial score (nSPS) is 30.1. The molecule has 0 heterocycles. The van der Waals surface area contributed by atoms with E-state index in [-0.39, 0.29) is 0 Å². The first kappa shape index (κ1) is 11.5. The minimum atomic E-state index is -4.72. The number of allylic oxidation sites excluding steroid dienone is 2. The molecule has 1 unspecified atom stereocenters. The van der Waals surface area contributed by atoms with Crippen LogP contribution in [0.5, 0.6) is 0 Å². The van der Waals surface area contributed by atoms with Gasteiger partial charge < -0.3 is 0 Å². The molecule has 3 nitrogen and oxygen atoms in total. The lowest BCUT2D eigenvalue weighted by Gasteiger charge is -2.21. The summed E-state index contributed by atoms with van der Waals surface area (Å²) < 4.78 is 75.0. The summed E-state index contributed by atoms with van der Waals surface area (Å²) in [6, 6.07) is 0. The molecule has 0 spiro atoms. The van der Waals surface area contributed by atoms with E-state index in [1.165, 1.54) is 0 Å². The topological polar surface area (TPSA) is 43.1 Å². The SMILES string of the molecule is O=[N+]([O-])C1(F)C(F)=CC(F)(F)C(F)=C1F. The van der Waals surface area contributed by atoms with Crippen molar-refractivity contribution in [2.24, 2.45) is 0 Å². The standard InChI is InChI=1S/C6HF6NO2/c7-2-1-5(10,11)3(8)4(9)6(2,12)13(14)15/h1H. The summed E-state index contributed by atoms with van der Waals surface area (Å²) in [6.07, 6.45) is -0.978. The van der Waals surface area contributed by atoms with Crippen LogP contribution in [0.4, 0.5) is 26.3 Å². The number of nitro groups is 1. The predicted molar refractivity (Wildman–Crippen MR) is 34.2 cm³/mol. The number of alkyl halides is 3. The van der Waals surface area contributed by atoms with E-state index < -0.39 is 40.2 Å². The van der Waals surface area contributed by atoms with Gasteiger partial charge in [0, 0.05) is 6.08 Å². The van der Waals surface area contributed by atoms with Crippen LogP contribution in [0, 0.1) is 10.1 Å².